The van der Waals surface area contributed by atoms with Gasteiger partial charge in [0.1, 0.15) is 11.1 Å². The molecular weight excluding hydrogens is 697 g/mol. The number of nitrogens with zero attached hydrogens (tertiary/aromatic N) is 4. The van der Waals surface area contributed by atoms with E-state index in [9.17, 15) is 0 Å². The average molecular weight is 723 g/mol. The van der Waals surface area contributed by atoms with Crippen LogP contribution in [0.15, 0.2) is 158 Å². The van der Waals surface area contributed by atoms with Gasteiger partial charge in [-0.1, -0.05) is 84.9 Å². The van der Waals surface area contributed by atoms with Gasteiger partial charge in [-0.05, 0) is 82.9 Å². The maximum Gasteiger partial charge on any atom is 0.315 e. The van der Waals surface area contributed by atoms with Gasteiger partial charge < -0.3 is 0 Å². The molecule has 3 aliphatic rings. The fourth-order valence-electron chi connectivity index (χ4n) is 11.5. The lowest BCUT2D eigenvalue weighted by atomic mass is 9.56. The van der Waals surface area contributed by atoms with E-state index in [1.807, 2.05) is 22.7 Å². The van der Waals surface area contributed by atoms with Crippen molar-refractivity contribution in [1.82, 2.24) is 9.13 Å². The number of pyridine rings is 2. The molecule has 0 radical (unpaired) electrons. The molecule has 6 aromatic carbocycles. The molecule has 0 unspecified atom stereocenters. The molecule has 0 saturated carbocycles. The summed E-state index contributed by atoms with van der Waals surface area (Å²) in [7, 11) is 0. The van der Waals surface area contributed by atoms with Crippen molar-refractivity contribution in [1.29, 1.82) is 0 Å². The van der Waals surface area contributed by atoms with Gasteiger partial charge in [-0.15, -0.1) is 22.7 Å². The summed E-state index contributed by atoms with van der Waals surface area (Å²) in [6, 6.07) is 55.5. The SMILES string of the molecule is c1ccc(C2(c3ccccc3)c3ccc4sc5cccc6c7cccn8c7[n+](c4c3C83c4c2ccc2sc7cccc8c9cccn3c9[n+](c42)c78)c56)cc1. The minimum atomic E-state index is -0.724. The molecular formula is C48H26N4S2+2. The van der Waals surface area contributed by atoms with E-state index in [2.05, 4.69) is 176 Å². The van der Waals surface area contributed by atoms with Crippen molar-refractivity contribution in [2.24, 2.45) is 0 Å². The second-order valence-corrected chi connectivity index (χ2v) is 17.4. The van der Waals surface area contributed by atoms with E-state index in [4.69, 9.17) is 0 Å². The summed E-state index contributed by atoms with van der Waals surface area (Å²) in [5.74, 6) is 0. The van der Waals surface area contributed by atoms with Crippen LogP contribution in [0.4, 0.5) is 0 Å². The highest BCUT2D eigenvalue weighted by Crippen LogP contribution is 2.62. The molecule has 0 bridgehead atoms. The first kappa shape index (κ1) is 27.3. The maximum atomic E-state index is 2.66. The van der Waals surface area contributed by atoms with Crippen LogP contribution < -0.4 is 8.80 Å². The fourth-order valence-corrected chi connectivity index (χ4v) is 13.7. The second kappa shape index (κ2) is 8.71. The van der Waals surface area contributed by atoms with Crippen molar-refractivity contribution in [3.05, 3.63) is 191 Å². The summed E-state index contributed by atoms with van der Waals surface area (Å²) in [5.41, 5.74) is 14.4. The summed E-state index contributed by atoms with van der Waals surface area (Å²) in [6.45, 7) is 0. The van der Waals surface area contributed by atoms with Gasteiger partial charge in [0.2, 0.25) is 0 Å². The first-order valence-corrected chi connectivity index (χ1v) is 20.2. The molecule has 0 saturated heterocycles. The largest absolute Gasteiger partial charge is 0.315 e. The predicted molar refractivity (Wildman–Crippen MR) is 219 cm³/mol. The molecule has 0 N–H and O–H groups in total. The van der Waals surface area contributed by atoms with Crippen LogP contribution in [0, 0.1) is 0 Å². The number of benzene rings is 6. The first-order valence-electron chi connectivity index (χ1n) is 18.6. The van der Waals surface area contributed by atoms with Gasteiger partial charge in [0, 0.05) is 10.8 Å². The van der Waals surface area contributed by atoms with E-state index in [1.165, 1.54) is 107 Å². The summed E-state index contributed by atoms with van der Waals surface area (Å²) < 4.78 is 15.8. The van der Waals surface area contributed by atoms with Crippen LogP contribution in [-0.2, 0) is 11.1 Å². The Kier molecular flexibility index (Phi) is 4.40. The predicted octanol–water partition coefficient (Wildman–Crippen LogP) is 10.4. The van der Waals surface area contributed by atoms with E-state index in [0.717, 1.165) is 0 Å². The molecule has 4 nitrogen and oxygen atoms in total. The molecule has 248 valence electrons. The smallest absolute Gasteiger partial charge is 0.188 e. The van der Waals surface area contributed by atoms with Crippen LogP contribution in [0.1, 0.15) is 33.4 Å². The molecule has 6 aromatic heterocycles. The van der Waals surface area contributed by atoms with Gasteiger partial charge in [0.15, 0.2) is 22.1 Å². The summed E-state index contributed by atoms with van der Waals surface area (Å²) in [5, 5.41) is 5.20. The molecule has 12 aromatic rings. The molecule has 1 spiro atoms. The molecule has 0 fully saturated rings. The Morgan fingerprint density at radius 3 is 1.31 bits per heavy atom. The highest BCUT2D eigenvalue weighted by atomic mass is 32.1. The zero-order valence-electron chi connectivity index (χ0n) is 28.6. The molecule has 15 rings (SSSR count). The standard InChI is InChI=1S/C48H26N4S2/c1-3-11-27(12-4-1)47(28-13-5-2-6-14-28)33-21-23-37-43-39(33)48(49-25-9-17-31-29-15-7-19-35(53-37)41(29)51(43)45(31)49)40-34(47)22-24-38-44(40)52-42-30(16-8-20-36(42)54-38)32-18-10-26-50(48)46(32)52/h1-26H/q+2. The third-order valence-corrected chi connectivity index (χ3v) is 15.4. The Morgan fingerprint density at radius 2 is 0.833 bits per heavy atom. The lowest BCUT2D eigenvalue weighted by Crippen LogP contribution is -2.58. The third kappa shape index (κ3) is 2.59. The highest BCUT2D eigenvalue weighted by Gasteiger charge is 2.66. The summed E-state index contributed by atoms with van der Waals surface area (Å²) in [6.07, 6.45) is 4.75. The van der Waals surface area contributed by atoms with Crippen molar-refractivity contribution in [3.63, 3.8) is 0 Å². The van der Waals surface area contributed by atoms with Gasteiger partial charge in [0.25, 0.3) is 11.3 Å². The Balaban J connectivity index is 1.35. The van der Waals surface area contributed by atoms with Gasteiger partial charge in [-0.3, -0.25) is 0 Å². The Bertz CT molecular complexity index is 3490. The van der Waals surface area contributed by atoms with E-state index in [-0.39, 0.29) is 0 Å². The van der Waals surface area contributed by atoms with Gasteiger partial charge in [-0.25, -0.2) is 0 Å². The van der Waals surface area contributed by atoms with Crippen molar-refractivity contribution in [2.45, 2.75) is 11.1 Å². The van der Waals surface area contributed by atoms with Crippen LogP contribution in [0.5, 0.6) is 0 Å². The number of rotatable bonds is 2. The van der Waals surface area contributed by atoms with Crippen molar-refractivity contribution >= 4 is 96.4 Å². The van der Waals surface area contributed by atoms with Gasteiger partial charge in [0.05, 0.1) is 47.4 Å². The Hall–Kier alpha value is -6.34. The van der Waals surface area contributed by atoms with Gasteiger partial charge >= 0.3 is 5.66 Å². The number of hydrogen-bond donors (Lipinski definition) is 0. The van der Waals surface area contributed by atoms with Crippen LogP contribution in [-0.4, -0.2) is 9.13 Å². The zero-order chi connectivity index (χ0) is 34.7. The lowest BCUT2D eigenvalue weighted by molar-refractivity contribution is -0.459. The monoisotopic (exact) mass is 722 g/mol. The van der Waals surface area contributed by atoms with Crippen LogP contribution in [0.3, 0.4) is 0 Å². The van der Waals surface area contributed by atoms with Crippen LogP contribution in [0.25, 0.3) is 73.7 Å². The first-order chi connectivity index (χ1) is 26.8. The molecule has 0 amide bonds. The average Bonchev–Trinajstić information content (AvgIpc) is 3.76. The quantitative estimate of drug-likeness (QED) is 0.125. The number of para-hydroxylation sites is 2. The van der Waals surface area contributed by atoms with E-state index < -0.39 is 11.1 Å². The number of aromatic nitrogens is 4. The van der Waals surface area contributed by atoms with Crippen molar-refractivity contribution in [2.75, 3.05) is 0 Å². The molecule has 1 aliphatic carbocycles. The van der Waals surface area contributed by atoms with Crippen molar-refractivity contribution in [3.8, 4) is 0 Å². The molecule has 6 heteroatoms. The zero-order valence-corrected chi connectivity index (χ0v) is 30.2. The van der Waals surface area contributed by atoms with Crippen LogP contribution in [0.2, 0.25) is 0 Å². The topological polar surface area (TPSA) is 18.1 Å². The minimum Gasteiger partial charge on any atom is -0.188 e. The normalized spacial score (nSPS) is 15.7. The second-order valence-electron chi connectivity index (χ2n) is 15.2. The van der Waals surface area contributed by atoms with Gasteiger partial charge in [-0.2, -0.15) is 17.9 Å². The maximum absolute atomic E-state index is 2.66. The molecule has 54 heavy (non-hydrogen) atoms. The van der Waals surface area contributed by atoms with E-state index in [0.29, 0.717) is 0 Å². The summed E-state index contributed by atoms with van der Waals surface area (Å²) >= 11 is 3.86. The number of hydrogen-bond acceptors (Lipinski definition) is 2. The molecule has 8 heterocycles. The van der Waals surface area contributed by atoms with E-state index >= 15 is 0 Å². The highest BCUT2D eigenvalue weighted by molar-refractivity contribution is 7.24. The van der Waals surface area contributed by atoms with Crippen LogP contribution >= 0.6 is 22.7 Å². The fraction of sp³-hybridized carbons (Fsp3) is 0.0417. The van der Waals surface area contributed by atoms with Crippen molar-refractivity contribution < 1.29 is 8.80 Å². The number of fused-ring (bicyclic) bond motifs is 2. The Labute approximate surface area is 315 Å². The minimum absolute atomic E-state index is 0.597. The Morgan fingerprint density at radius 1 is 0.389 bits per heavy atom. The lowest BCUT2D eigenvalue weighted by Gasteiger charge is -2.48. The molecule has 2 aliphatic heterocycles. The van der Waals surface area contributed by atoms with E-state index in [1.54, 1.807) is 0 Å². The molecule has 0 atom stereocenters. The summed E-state index contributed by atoms with van der Waals surface area (Å²) in [4.78, 5) is 0. The third-order valence-electron chi connectivity index (χ3n) is 13.2.